The minimum atomic E-state index is -1.96. The van der Waals surface area contributed by atoms with E-state index in [-0.39, 0.29) is 0 Å². The van der Waals surface area contributed by atoms with Crippen LogP contribution in [0.4, 0.5) is 5.69 Å². The molecule has 0 radical (unpaired) electrons. The smallest absolute Gasteiger partial charge is 0.171 e. The summed E-state index contributed by atoms with van der Waals surface area (Å²) < 4.78 is 11.9. The molecule has 0 fully saturated rings. The topological polar surface area (TPSA) is 22.1 Å². The van der Waals surface area contributed by atoms with Gasteiger partial charge in [-0.25, -0.2) is 4.74 Å². The molecule has 2 aromatic rings. The molecule has 2 aromatic carbocycles. The molecule has 0 aliphatic heterocycles. The van der Waals surface area contributed by atoms with Gasteiger partial charge < -0.3 is 0 Å². The van der Waals surface area contributed by atoms with Gasteiger partial charge in [-0.1, -0.05) is 48.5 Å². The van der Waals surface area contributed by atoms with E-state index in [2.05, 4.69) is 105 Å². The summed E-state index contributed by atoms with van der Waals surface area (Å²) >= 11 is 0. The van der Waals surface area contributed by atoms with Crippen LogP contribution in [0.25, 0.3) is 11.1 Å². The van der Waals surface area contributed by atoms with E-state index in [9.17, 15) is 0 Å². The van der Waals surface area contributed by atoms with Gasteiger partial charge in [0, 0.05) is 5.56 Å². The van der Waals surface area contributed by atoms with Crippen molar-refractivity contribution in [2.75, 3.05) is 42.3 Å². The maximum atomic E-state index is 5.25. The quantitative estimate of drug-likeness (QED) is 0.747. The van der Waals surface area contributed by atoms with E-state index in [0.29, 0.717) is 0 Å². The highest BCUT2D eigenvalue weighted by molar-refractivity contribution is 7.59. The molecule has 4 nitrogen and oxygen atoms in total. The predicted molar refractivity (Wildman–Crippen MR) is 102 cm³/mol. The van der Waals surface area contributed by atoms with Crippen LogP contribution < -0.4 is 0 Å². The van der Waals surface area contributed by atoms with E-state index in [0.717, 1.165) is 5.69 Å². The summed E-state index contributed by atoms with van der Waals surface area (Å²) in [7, 11) is 10.6. The maximum Gasteiger partial charge on any atom is 0.171 e. The van der Waals surface area contributed by atoms with Crippen LogP contribution in [0.3, 0.4) is 0 Å². The third-order valence-corrected chi connectivity index (χ3v) is 7.54. The number of hydrogen-bond donors (Lipinski definition) is 0. The molecule has 0 atom stereocenters. The Labute approximate surface area is 140 Å². The summed E-state index contributed by atoms with van der Waals surface area (Å²) in [4.78, 5) is 0. The highest BCUT2D eigenvalue weighted by Crippen LogP contribution is 2.57. The van der Waals surface area contributed by atoms with Gasteiger partial charge in [-0.05, 0) is 53.9 Å². The molecule has 0 heterocycles. The fourth-order valence-electron chi connectivity index (χ4n) is 2.91. The molecule has 2 rings (SSSR count). The Morgan fingerprint density at radius 2 is 1.13 bits per heavy atom. The van der Waals surface area contributed by atoms with Gasteiger partial charge in [0.15, 0.2) is 7.51 Å². The largest absolute Gasteiger partial charge is 0.252 e. The molecule has 0 bridgehead atoms. The van der Waals surface area contributed by atoms with Crippen LogP contribution in [0.15, 0.2) is 59.3 Å². The van der Waals surface area contributed by atoms with Crippen molar-refractivity contribution in [2.24, 2.45) is 4.74 Å². The Morgan fingerprint density at radius 3 is 1.65 bits per heavy atom. The average Bonchev–Trinajstić information content (AvgIpc) is 2.52. The molecule has 0 aliphatic carbocycles. The standard InChI is InChI=1S/C18H27N4P/c1-20(2)23(21(3)4,22(5)6)19-18-15-11-10-14-17(18)16-12-8-7-9-13-16/h7-15H,1-6H3. The SMILES string of the molecule is CN(C)P(=Nc1ccccc1-c1ccccc1)(N(C)C)N(C)C. The number of hydrogen-bond acceptors (Lipinski definition) is 1. The second-order valence-electron chi connectivity index (χ2n) is 6.06. The molecule has 0 unspecified atom stereocenters. The van der Waals surface area contributed by atoms with Crippen LogP contribution >= 0.6 is 7.51 Å². The summed E-state index contributed by atoms with van der Waals surface area (Å²) in [5.74, 6) is 0. The second kappa shape index (κ2) is 7.41. The average molecular weight is 330 g/mol. The zero-order chi connectivity index (χ0) is 17.0. The second-order valence-corrected chi connectivity index (χ2v) is 9.73. The van der Waals surface area contributed by atoms with E-state index in [1.54, 1.807) is 0 Å². The summed E-state index contributed by atoms with van der Waals surface area (Å²) in [5.41, 5.74) is 3.40. The Kier molecular flexibility index (Phi) is 5.77. The molecule has 0 saturated heterocycles. The van der Waals surface area contributed by atoms with Gasteiger partial charge in [-0.3, -0.25) is 14.0 Å². The molecule has 23 heavy (non-hydrogen) atoms. The first-order valence-corrected chi connectivity index (χ1v) is 9.29. The molecule has 0 N–H and O–H groups in total. The van der Waals surface area contributed by atoms with E-state index < -0.39 is 7.51 Å². The Balaban J connectivity index is 2.70. The summed E-state index contributed by atoms with van der Waals surface area (Å²) in [6, 6.07) is 18.8. The normalized spacial score (nSPS) is 12.2. The number of benzene rings is 2. The van der Waals surface area contributed by atoms with Gasteiger partial charge in [0.2, 0.25) is 0 Å². The van der Waals surface area contributed by atoms with Crippen molar-refractivity contribution >= 4 is 13.2 Å². The number of rotatable bonds is 5. The van der Waals surface area contributed by atoms with Crippen LogP contribution in [0.1, 0.15) is 0 Å². The van der Waals surface area contributed by atoms with Gasteiger partial charge in [0.25, 0.3) is 0 Å². The highest BCUT2D eigenvalue weighted by atomic mass is 31.2. The molecule has 0 aromatic heterocycles. The van der Waals surface area contributed by atoms with Gasteiger partial charge in [0.05, 0.1) is 5.69 Å². The zero-order valence-corrected chi connectivity index (χ0v) is 15.8. The van der Waals surface area contributed by atoms with Crippen molar-refractivity contribution in [1.82, 2.24) is 14.0 Å². The Morgan fingerprint density at radius 1 is 0.652 bits per heavy atom. The van der Waals surface area contributed by atoms with Crippen molar-refractivity contribution in [2.45, 2.75) is 0 Å². The Hall–Kier alpha value is -1.45. The van der Waals surface area contributed by atoms with E-state index >= 15 is 0 Å². The maximum absolute atomic E-state index is 5.25. The highest BCUT2D eigenvalue weighted by Gasteiger charge is 2.28. The minimum Gasteiger partial charge on any atom is -0.252 e. The molecule has 0 saturated carbocycles. The lowest BCUT2D eigenvalue weighted by atomic mass is 10.0. The summed E-state index contributed by atoms with van der Waals surface area (Å²) in [6.45, 7) is 0. The lowest BCUT2D eigenvalue weighted by Crippen LogP contribution is -2.30. The van der Waals surface area contributed by atoms with E-state index in [1.807, 2.05) is 6.07 Å². The fourth-order valence-corrected chi connectivity index (χ4v) is 6.06. The third kappa shape index (κ3) is 3.56. The van der Waals surface area contributed by atoms with Crippen molar-refractivity contribution in [3.05, 3.63) is 54.6 Å². The van der Waals surface area contributed by atoms with Gasteiger partial charge in [0.1, 0.15) is 0 Å². The predicted octanol–water partition coefficient (Wildman–Crippen LogP) is 4.62. The Bertz CT molecular complexity index is 665. The molecular formula is C18H27N4P. The third-order valence-electron chi connectivity index (χ3n) is 3.84. The van der Waals surface area contributed by atoms with Gasteiger partial charge in [-0.2, -0.15) is 0 Å². The molecule has 0 spiro atoms. The molecule has 124 valence electrons. The van der Waals surface area contributed by atoms with Crippen LogP contribution in [0.5, 0.6) is 0 Å². The lowest BCUT2D eigenvalue weighted by Gasteiger charge is -2.41. The lowest BCUT2D eigenvalue weighted by molar-refractivity contribution is 0.474. The summed E-state index contributed by atoms with van der Waals surface area (Å²) in [5, 5.41) is 0. The van der Waals surface area contributed by atoms with Crippen molar-refractivity contribution in [3.63, 3.8) is 0 Å². The van der Waals surface area contributed by atoms with Crippen LogP contribution in [-0.2, 0) is 0 Å². The first-order valence-electron chi connectivity index (χ1n) is 7.69. The minimum absolute atomic E-state index is 1.03. The summed E-state index contributed by atoms with van der Waals surface area (Å²) in [6.07, 6.45) is 0. The van der Waals surface area contributed by atoms with Crippen molar-refractivity contribution < 1.29 is 0 Å². The molecule has 0 aliphatic rings. The molecule has 5 heteroatoms. The van der Waals surface area contributed by atoms with Crippen LogP contribution in [-0.4, -0.2) is 56.3 Å². The van der Waals surface area contributed by atoms with Crippen LogP contribution in [0, 0.1) is 0 Å². The molecular weight excluding hydrogens is 303 g/mol. The van der Waals surface area contributed by atoms with Crippen LogP contribution in [0.2, 0.25) is 0 Å². The first-order chi connectivity index (χ1) is 10.9. The first kappa shape index (κ1) is 17.9. The van der Waals surface area contributed by atoms with Crippen molar-refractivity contribution in [1.29, 1.82) is 0 Å². The monoisotopic (exact) mass is 330 g/mol. The van der Waals surface area contributed by atoms with E-state index in [4.69, 9.17) is 4.74 Å². The number of nitrogens with zero attached hydrogens (tertiary/aromatic N) is 4. The van der Waals surface area contributed by atoms with Gasteiger partial charge >= 0.3 is 0 Å². The fraction of sp³-hybridized carbons (Fsp3) is 0.333. The zero-order valence-electron chi connectivity index (χ0n) is 14.9. The molecule has 0 amide bonds. The van der Waals surface area contributed by atoms with E-state index in [1.165, 1.54) is 11.1 Å². The van der Waals surface area contributed by atoms with Gasteiger partial charge in [-0.15, -0.1) is 0 Å². The van der Waals surface area contributed by atoms with Crippen molar-refractivity contribution in [3.8, 4) is 11.1 Å².